The van der Waals surface area contributed by atoms with Crippen molar-refractivity contribution in [2.45, 2.75) is 72.0 Å². The molecule has 1 N–H and O–H groups in total. The van der Waals surface area contributed by atoms with Crippen molar-refractivity contribution >= 4 is 5.97 Å². The zero-order valence-corrected chi connectivity index (χ0v) is 14.8. The Hall–Kier alpha value is -1.35. The number of carbonyl (C=O) groups excluding carboxylic acids is 1. The minimum absolute atomic E-state index is 0.148. The smallest absolute Gasteiger partial charge is 0.334 e. The van der Waals surface area contributed by atoms with E-state index in [0.717, 1.165) is 25.7 Å². The molecule has 2 bridgehead atoms. The third-order valence-corrected chi connectivity index (χ3v) is 4.96. The third kappa shape index (κ3) is 5.07. The Balaban J connectivity index is 2.25. The van der Waals surface area contributed by atoms with Gasteiger partial charge in [0.1, 0.15) is 6.10 Å². The topological polar surface area (TPSA) is 46.5 Å². The van der Waals surface area contributed by atoms with Gasteiger partial charge >= 0.3 is 5.97 Å². The van der Waals surface area contributed by atoms with E-state index < -0.39 is 6.10 Å². The summed E-state index contributed by atoms with van der Waals surface area (Å²) in [6, 6.07) is 0. The maximum Gasteiger partial charge on any atom is 0.334 e. The van der Waals surface area contributed by atoms with Gasteiger partial charge in [-0.05, 0) is 51.5 Å². The van der Waals surface area contributed by atoms with Gasteiger partial charge in [-0.25, -0.2) is 4.79 Å². The molecule has 0 fully saturated rings. The van der Waals surface area contributed by atoms with Crippen molar-refractivity contribution < 1.29 is 14.6 Å². The van der Waals surface area contributed by atoms with Crippen LogP contribution < -0.4 is 0 Å². The molecule has 0 amide bonds. The second kappa shape index (κ2) is 7.96. The predicted octanol–water partition coefficient (Wildman–Crippen LogP) is 4.33. The molecule has 3 atom stereocenters. The number of ether oxygens (including phenoxy) is 1. The fraction of sp³-hybridized carbons (Fsp3) is 0.650. The highest BCUT2D eigenvalue weighted by Gasteiger charge is 2.33. The van der Waals surface area contributed by atoms with E-state index in [9.17, 15) is 9.90 Å². The molecular formula is C20H30O3. The number of allylic oxidation sites excluding steroid dienone is 3. The molecule has 0 spiro atoms. The second-order valence-electron chi connectivity index (χ2n) is 7.38. The van der Waals surface area contributed by atoms with Crippen LogP contribution in [0.5, 0.6) is 0 Å². The van der Waals surface area contributed by atoms with Crippen LogP contribution in [0, 0.1) is 11.8 Å². The van der Waals surface area contributed by atoms with E-state index in [2.05, 4.69) is 26.8 Å². The highest BCUT2D eigenvalue weighted by Crippen LogP contribution is 2.32. The maximum atomic E-state index is 12.1. The highest BCUT2D eigenvalue weighted by molar-refractivity contribution is 5.91. The summed E-state index contributed by atoms with van der Waals surface area (Å²) in [5.74, 6) is 0.529. The number of aliphatic hydroxyl groups is 1. The first-order valence-corrected chi connectivity index (χ1v) is 8.79. The van der Waals surface area contributed by atoms with E-state index in [1.807, 2.05) is 19.1 Å². The first-order chi connectivity index (χ1) is 10.9. The SMILES string of the molecule is C/C1=C/[C@@H](O)CC2=C[C@@H](OC2=O)[C@H](C(C)C)CC/C(C)=C\CC1. The lowest BCUT2D eigenvalue weighted by Gasteiger charge is -2.25. The molecule has 1 heterocycles. The van der Waals surface area contributed by atoms with Crippen molar-refractivity contribution in [3.05, 3.63) is 34.9 Å². The van der Waals surface area contributed by atoms with Crippen LogP contribution in [0.2, 0.25) is 0 Å². The lowest BCUT2D eigenvalue weighted by Crippen LogP contribution is -2.25. The van der Waals surface area contributed by atoms with Crippen LogP contribution in [0.25, 0.3) is 0 Å². The van der Waals surface area contributed by atoms with Gasteiger partial charge in [0.15, 0.2) is 0 Å². The van der Waals surface area contributed by atoms with E-state index in [0.29, 0.717) is 23.8 Å². The van der Waals surface area contributed by atoms with Crippen LogP contribution in [0.4, 0.5) is 0 Å². The van der Waals surface area contributed by atoms with Crippen LogP contribution >= 0.6 is 0 Å². The van der Waals surface area contributed by atoms with Crippen LogP contribution in [0.15, 0.2) is 34.9 Å². The molecule has 0 saturated carbocycles. The molecule has 0 aromatic rings. The van der Waals surface area contributed by atoms with Gasteiger partial charge < -0.3 is 9.84 Å². The number of carbonyl (C=O) groups is 1. The first-order valence-electron chi connectivity index (χ1n) is 8.79. The summed E-state index contributed by atoms with van der Waals surface area (Å²) in [4.78, 5) is 12.1. The van der Waals surface area contributed by atoms with Crippen LogP contribution in [-0.2, 0) is 9.53 Å². The van der Waals surface area contributed by atoms with Crippen molar-refractivity contribution in [2.75, 3.05) is 0 Å². The van der Waals surface area contributed by atoms with Crippen molar-refractivity contribution in [3.63, 3.8) is 0 Å². The van der Waals surface area contributed by atoms with Gasteiger partial charge in [0.05, 0.1) is 6.10 Å². The first kappa shape index (κ1) is 18.0. The fourth-order valence-corrected chi connectivity index (χ4v) is 3.48. The summed E-state index contributed by atoms with van der Waals surface area (Å²) in [5, 5.41) is 10.2. The lowest BCUT2D eigenvalue weighted by atomic mass is 9.84. The quantitative estimate of drug-likeness (QED) is 0.578. The monoisotopic (exact) mass is 318 g/mol. The largest absolute Gasteiger partial charge is 0.454 e. The van der Waals surface area contributed by atoms with E-state index in [1.165, 1.54) is 11.1 Å². The Bertz CT molecular complexity index is 525. The lowest BCUT2D eigenvalue weighted by molar-refractivity contribution is -0.142. The Labute approximate surface area is 140 Å². The molecule has 23 heavy (non-hydrogen) atoms. The second-order valence-corrected chi connectivity index (χ2v) is 7.38. The molecule has 0 radical (unpaired) electrons. The van der Waals surface area contributed by atoms with Crippen LogP contribution in [0.3, 0.4) is 0 Å². The standard InChI is InChI=1S/C20H30O3/c1-13(2)18-9-8-14(3)6-5-7-15(4)10-17(21)11-16-12-19(18)23-20(16)22/h6,10,12-13,17-19,21H,5,7-9,11H2,1-4H3/b14-6-,15-10-/t17-,18+,19-/m1/s1. The Morgan fingerprint density at radius 3 is 2.61 bits per heavy atom. The van der Waals surface area contributed by atoms with Gasteiger partial charge in [-0.2, -0.15) is 0 Å². The molecule has 3 heteroatoms. The average Bonchev–Trinajstić information content (AvgIpc) is 2.78. The van der Waals surface area contributed by atoms with Crippen molar-refractivity contribution in [1.29, 1.82) is 0 Å². The van der Waals surface area contributed by atoms with Crippen molar-refractivity contribution in [1.82, 2.24) is 0 Å². The Kier molecular flexibility index (Phi) is 6.23. The maximum absolute atomic E-state index is 12.1. The van der Waals surface area contributed by atoms with Crippen LogP contribution in [0.1, 0.15) is 59.8 Å². The summed E-state index contributed by atoms with van der Waals surface area (Å²) in [6.45, 7) is 8.59. The van der Waals surface area contributed by atoms with Gasteiger partial charge in [0, 0.05) is 17.9 Å². The number of fused-ring (bicyclic) bond motifs is 1. The summed E-state index contributed by atoms with van der Waals surface area (Å²) in [5.41, 5.74) is 3.19. The van der Waals surface area contributed by atoms with Crippen molar-refractivity contribution in [3.8, 4) is 0 Å². The number of esters is 1. The number of hydrogen-bond acceptors (Lipinski definition) is 3. The van der Waals surface area contributed by atoms with Gasteiger partial charge in [-0.1, -0.05) is 37.1 Å². The number of hydrogen-bond donors (Lipinski definition) is 1. The molecule has 0 aromatic heterocycles. The van der Waals surface area contributed by atoms with E-state index in [4.69, 9.17) is 4.74 Å². The Morgan fingerprint density at radius 2 is 1.91 bits per heavy atom. The zero-order chi connectivity index (χ0) is 17.0. The molecule has 2 rings (SSSR count). The van der Waals surface area contributed by atoms with E-state index in [-0.39, 0.29) is 12.1 Å². The summed E-state index contributed by atoms with van der Waals surface area (Å²) < 4.78 is 5.60. The molecule has 2 aliphatic rings. The Morgan fingerprint density at radius 1 is 1.17 bits per heavy atom. The molecule has 1 aliphatic heterocycles. The van der Waals surface area contributed by atoms with Gasteiger partial charge in [0.25, 0.3) is 0 Å². The predicted molar refractivity (Wildman–Crippen MR) is 92.9 cm³/mol. The van der Waals surface area contributed by atoms with E-state index >= 15 is 0 Å². The molecular weight excluding hydrogens is 288 g/mol. The van der Waals surface area contributed by atoms with Gasteiger partial charge in [-0.15, -0.1) is 0 Å². The molecule has 1 aliphatic carbocycles. The molecule has 0 aromatic carbocycles. The summed E-state index contributed by atoms with van der Waals surface area (Å²) in [7, 11) is 0. The average molecular weight is 318 g/mol. The third-order valence-electron chi connectivity index (χ3n) is 4.96. The van der Waals surface area contributed by atoms with E-state index in [1.54, 1.807) is 0 Å². The molecule has 3 nitrogen and oxygen atoms in total. The zero-order valence-electron chi connectivity index (χ0n) is 14.8. The molecule has 0 unspecified atom stereocenters. The highest BCUT2D eigenvalue weighted by atomic mass is 16.5. The molecule has 0 saturated heterocycles. The minimum Gasteiger partial charge on any atom is -0.454 e. The minimum atomic E-state index is -0.613. The summed E-state index contributed by atoms with van der Waals surface area (Å²) in [6.07, 6.45) is 9.75. The number of rotatable bonds is 1. The number of aliphatic hydroxyl groups excluding tert-OH is 1. The molecule has 128 valence electrons. The van der Waals surface area contributed by atoms with Crippen molar-refractivity contribution in [2.24, 2.45) is 11.8 Å². The van der Waals surface area contributed by atoms with Crippen LogP contribution in [-0.4, -0.2) is 23.3 Å². The normalized spacial score (nSPS) is 34.8. The van der Waals surface area contributed by atoms with Gasteiger partial charge in [0.2, 0.25) is 0 Å². The fourth-order valence-electron chi connectivity index (χ4n) is 3.48. The van der Waals surface area contributed by atoms with Gasteiger partial charge in [-0.3, -0.25) is 0 Å². The summed E-state index contributed by atoms with van der Waals surface area (Å²) >= 11 is 0.